The standard InChI is InChI=1S/C22H22N4O3/c23-22(28)29-21(27)20-17-12-16(14-4-2-1-3-5-14)6-7-18(17)26(24-20)19-13-25-10-8-15(19)9-11-25/h1-7,12,15,19H,8-11,13H2,(H2,23,28)/t19-/m0/s1. The molecule has 7 nitrogen and oxygen atoms in total. The van der Waals surface area contributed by atoms with Gasteiger partial charge in [0, 0.05) is 11.9 Å². The molecule has 3 fully saturated rings. The van der Waals surface area contributed by atoms with Crippen LogP contribution < -0.4 is 5.73 Å². The fourth-order valence-electron chi connectivity index (χ4n) is 4.71. The second kappa shape index (κ2) is 7.00. The van der Waals surface area contributed by atoms with Crippen LogP contribution in [0.5, 0.6) is 0 Å². The number of benzene rings is 2. The number of carbonyl (C=O) groups excluding carboxylic acids is 2. The van der Waals surface area contributed by atoms with Gasteiger partial charge in [-0.1, -0.05) is 36.4 Å². The van der Waals surface area contributed by atoms with Gasteiger partial charge in [0.25, 0.3) is 0 Å². The minimum absolute atomic E-state index is 0.132. The number of amides is 1. The molecule has 29 heavy (non-hydrogen) atoms. The van der Waals surface area contributed by atoms with Crippen molar-refractivity contribution in [3.05, 3.63) is 54.2 Å². The lowest BCUT2D eigenvalue weighted by Gasteiger charge is -2.44. The molecule has 1 atom stereocenters. The van der Waals surface area contributed by atoms with Gasteiger partial charge in [0.1, 0.15) is 0 Å². The van der Waals surface area contributed by atoms with E-state index in [1.165, 1.54) is 0 Å². The second-order valence-corrected chi connectivity index (χ2v) is 7.81. The average Bonchev–Trinajstić information content (AvgIpc) is 3.13. The maximum Gasteiger partial charge on any atom is 0.412 e. The van der Waals surface area contributed by atoms with Crippen LogP contribution >= 0.6 is 0 Å². The molecular weight excluding hydrogens is 368 g/mol. The minimum atomic E-state index is -1.13. The number of nitrogens with two attached hydrogens (primary N) is 1. The summed E-state index contributed by atoms with van der Waals surface area (Å²) in [4.78, 5) is 26.2. The van der Waals surface area contributed by atoms with Crippen LogP contribution in [0.15, 0.2) is 48.5 Å². The van der Waals surface area contributed by atoms with Crippen molar-refractivity contribution in [3.63, 3.8) is 0 Å². The summed E-state index contributed by atoms with van der Waals surface area (Å²) in [7, 11) is 0. The van der Waals surface area contributed by atoms with E-state index in [-0.39, 0.29) is 11.7 Å². The van der Waals surface area contributed by atoms with Gasteiger partial charge in [-0.05, 0) is 55.1 Å². The molecule has 2 aromatic carbocycles. The summed E-state index contributed by atoms with van der Waals surface area (Å²) < 4.78 is 6.62. The molecule has 3 aromatic rings. The number of ether oxygens (including phenoxy) is 1. The van der Waals surface area contributed by atoms with Crippen LogP contribution in [-0.4, -0.2) is 46.4 Å². The van der Waals surface area contributed by atoms with E-state index in [2.05, 4.69) is 14.7 Å². The van der Waals surface area contributed by atoms with Gasteiger partial charge < -0.3 is 15.4 Å². The molecule has 0 radical (unpaired) electrons. The fourth-order valence-corrected chi connectivity index (χ4v) is 4.71. The summed E-state index contributed by atoms with van der Waals surface area (Å²) >= 11 is 0. The maximum absolute atomic E-state index is 12.6. The van der Waals surface area contributed by atoms with Crippen LogP contribution in [0, 0.1) is 5.92 Å². The predicted molar refractivity (Wildman–Crippen MR) is 108 cm³/mol. The Morgan fingerprint density at radius 3 is 2.45 bits per heavy atom. The van der Waals surface area contributed by atoms with Gasteiger partial charge in [-0.3, -0.25) is 4.68 Å². The van der Waals surface area contributed by atoms with E-state index in [0.717, 1.165) is 49.1 Å². The second-order valence-electron chi connectivity index (χ2n) is 7.81. The van der Waals surface area contributed by atoms with Gasteiger partial charge in [0.05, 0.1) is 11.6 Å². The highest BCUT2D eigenvalue weighted by molar-refractivity contribution is 6.06. The van der Waals surface area contributed by atoms with Crippen molar-refractivity contribution >= 4 is 23.0 Å². The zero-order valence-electron chi connectivity index (χ0n) is 16.0. The van der Waals surface area contributed by atoms with E-state index in [0.29, 0.717) is 11.3 Å². The van der Waals surface area contributed by atoms with Crippen LogP contribution in [0.25, 0.3) is 22.0 Å². The number of hydrogen-bond donors (Lipinski definition) is 1. The number of carbonyl (C=O) groups is 2. The SMILES string of the molecule is NC(=O)OC(=O)c1nn([C@H]2CN3CCC2CC3)c2ccc(-c3ccccc3)cc12. The first-order chi connectivity index (χ1) is 14.1. The Morgan fingerprint density at radius 1 is 1.03 bits per heavy atom. The molecule has 4 heterocycles. The maximum atomic E-state index is 12.6. The smallest absolute Gasteiger partial charge is 0.371 e. The average molecular weight is 390 g/mol. The molecular formula is C22H22N4O3. The number of piperidine rings is 3. The molecule has 3 aliphatic heterocycles. The Morgan fingerprint density at radius 2 is 1.79 bits per heavy atom. The Balaban J connectivity index is 1.64. The van der Waals surface area contributed by atoms with Gasteiger partial charge in [-0.2, -0.15) is 5.10 Å². The first-order valence-corrected chi connectivity index (χ1v) is 9.92. The largest absolute Gasteiger partial charge is 0.412 e. The quantitative estimate of drug-likeness (QED) is 0.548. The van der Waals surface area contributed by atoms with Crippen molar-refractivity contribution in [2.45, 2.75) is 18.9 Å². The first kappa shape index (κ1) is 17.9. The van der Waals surface area contributed by atoms with Crippen LogP contribution in [0.1, 0.15) is 29.4 Å². The first-order valence-electron chi connectivity index (χ1n) is 9.92. The highest BCUT2D eigenvalue weighted by Crippen LogP contribution is 2.38. The highest BCUT2D eigenvalue weighted by atomic mass is 16.6. The number of aromatic nitrogens is 2. The molecule has 0 unspecified atom stereocenters. The van der Waals surface area contributed by atoms with Crippen molar-refractivity contribution in [1.29, 1.82) is 0 Å². The Bertz CT molecular complexity index is 1080. The summed E-state index contributed by atoms with van der Waals surface area (Å²) in [6.07, 6.45) is 1.14. The summed E-state index contributed by atoms with van der Waals surface area (Å²) in [5, 5.41) is 5.30. The van der Waals surface area contributed by atoms with E-state index < -0.39 is 12.1 Å². The van der Waals surface area contributed by atoms with Crippen molar-refractivity contribution < 1.29 is 14.3 Å². The molecule has 0 aliphatic carbocycles. The Kier molecular flexibility index (Phi) is 4.32. The number of rotatable bonds is 3. The third-order valence-corrected chi connectivity index (χ3v) is 6.14. The summed E-state index contributed by atoms with van der Waals surface area (Å²) in [5.41, 5.74) is 8.09. The van der Waals surface area contributed by atoms with E-state index >= 15 is 0 Å². The molecule has 1 aromatic heterocycles. The lowest BCUT2D eigenvalue weighted by atomic mass is 9.84. The third-order valence-electron chi connectivity index (χ3n) is 6.14. The third kappa shape index (κ3) is 3.17. The summed E-state index contributed by atoms with van der Waals surface area (Å²) in [6, 6.07) is 16.1. The Hall–Kier alpha value is -3.19. The molecule has 1 amide bonds. The summed E-state index contributed by atoms with van der Waals surface area (Å²) in [5.74, 6) is -0.273. The number of nitrogens with zero attached hydrogens (tertiary/aromatic N) is 3. The zero-order valence-corrected chi connectivity index (χ0v) is 16.0. The molecule has 0 saturated carbocycles. The number of primary amides is 1. The normalized spacial score (nSPS) is 23.2. The van der Waals surface area contributed by atoms with Gasteiger partial charge in [0.15, 0.2) is 5.69 Å². The molecule has 7 heteroatoms. The molecule has 148 valence electrons. The van der Waals surface area contributed by atoms with Crippen LogP contribution in [0.3, 0.4) is 0 Å². The number of esters is 1. The summed E-state index contributed by atoms with van der Waals surface area (Å²) in [6.45, 7) is 3.16. The van der Waals surface area contributed by atoms with Crippen LogP contribution in [0.2, 0.25) is 0 Å². The predicted octanol–water partition coefficient (Wildman–Crippen LogP) is 3.21. The zero-order chi connectivity index (χ0) is 20.0. The van der Waals surface area contributed by atoms with Crippen LogP contribution in [0.4, 0.5) is 4.79 Å². The minimum Gasteiger partial charge on any atom is -0.371 e. The topological polar surface area (TPSA) is 90.5 Å². The lowest BCUT2D eigenvalue weighted by molar-refractivity contribution is 0.0518. The molecule has 0 spiro atoms. The molecule has 3 saturated heterocycles. The van der Waals surface area contributed by atoms with Crippen molar-refractivity contribution in [2.75, 3.05) is 19.6 Å². The van der Waals surface area contributed by atoms with Crippen LogP contribution in [-0.2, 0) is 4.74 Å². The highest BCUT2D eigenvalue weighted by Gasteiger charge is 2.37. The van der Waals surface area contributed by atoms with Crippen molar-refractivity contribution in [2.24, 2.45) is 11.7 Å². The van der Waals surface area contributed by atoms with E-state index in [9.17, 15) is 9.59 Å². The van der Waals surface area contributed by atoms with E-state index in [4.69, 9.17) is 5.73 Å². The fraction of sp³-hybridized carbons (Fsp3) is 0.318. The van der Waals surface area contributed by atoms with Gasteiger partial charge >= 0.3 is 12.1 Å². The van der Waals surface area contributed by atoms with Gasteiger partial charge in [0.2, 0.25) is 0 Å². The molecule has 3 aliphatic rings. The molecule has 2 N–H and O–H groups in total. The van der Waals surface area contributed by atoms with Gasteiger partial charge in [-0.15, -0.1) is 0 Å². The monoisotopic (exact) mass is 390 g/mol. The molecule has 6 rings (SSSR count). The number of fused-ring (bicyclic) bond motifs is 4. The van der Waals surface area contributed by atoms with E-state index in [1.54, 1.807) is 0 Å². The lowest BCUT2D eigenvalue weighted by Crippen LogP contribution is -2.48. The van der Waals surface area contributed by atoms with E-state index in [1.807, 2.05) is 53.2 Å². The number of hydrogen-bond acceptors (Lipinski definition) is 5. The molecule has 2 bridgehead atoms. The van der Waals surface area contributed by atoms with Crippen molar-refractivity contribution in [1.82, 2.24) is 14.7 Å². The Labute approximate surface area is 168 Å². The van der Waals surface area contributed by atoms with Gasteiger partial charge in [-0.25, -0.2) is 9.59 Å². The van der Waals surface area contributed by atoms with Crippen molar-refractivity contribution in [3.8, 4) is 11.1 Å².